The fourth-order valence-electron chi connectivity index (χ4n) is 10.3. The Hall–Kier alpha value is -6.22. The molecule has 1 unspecified atom stereocenters. The van der Waals surface area contributed by atoms with Gasteiger partial charge in [0.05, 0.1) is 16.6 Å². The minimum Gasteiger partial charge on any atom is -0.490 e. The van der Waals surface area contributed by atoms with Crippen molar-refractivity contribution in [3.63, 3.8) is 0 Å². The topological polar surface area (TPSA) is 162 Å². The molecule has 3 aromatic carbocycles. The summed E-state index contributed by atoms with van der Waals surface area (Å²) in [6.45, 7) is 6.73. The van der Waals surface area contributed by atoms with E-state index in [-0.39, 0.29) is 59.5 Å². The van der Waals surface area contributed by atoms with Gasteiger partial charge in [-0.2, -0.15) is 0 Å². The van der Waals surface area contributed by atoms with Crippen molar-refractivity contribution in [3.8, 4) is 5.75 Å². The average molecular weight is 872 g/mol. The van der Waals surface area contributed by atoms with Crippen LogP contribution in [0.3, 0.4) is 0 Å². The molecule has 15 heteroatoms. The number of carbonyl (C=O) groups excluding carboxylic acids is 6. The number of halogens is 1. The Bertz CT molecular complexity index is 2470. The molecule has 5 heterocycles. The number of rotatable bonds is 11. The lowest BCUT2D eigenvalue weighted by Gasteiger charge is -2.37. The number of hydrogen-bond acceptors (Lipinski definition) is 10. The number of imide groups is 2. The minimum atomic E-state index is -1.00. The van der Waals surface area contributed by atoms with Gasteiger partial charge in [-0.15, -0.1) is 0 Å². The zero-order valence-electron chi connectivity index (χ0n) is 36.1. The van der Waals surface area contributed by atoms with Crippen molar-refractivity contribution in [2.45, 2.75) is 82.8 Å². The highest BCUT2D eigenvalue weighted by atomic mass is 19.1. The van der Waals surface area contributed by atoms with E-state index in [9.17, 15) is 33.2 Å². The molecule has 3 saturated heterocycles. The number of piperazine rings is 1. The molecule has 14 nitrogen and oxygen atoms in total. The summed E-state index contributed by atoms with van der Waals surface area (Å²) in [6, 6.07) is 18.5. The number of amides is 6. The molecule has 4 aliphatic heterocycles. The van der Waals surface area contributed by atoms with E-state index < -0.39 is 29.7 Å². The summed E-state index contributed by atoms with van der Waals surface area (Å²) in [5.41, 5.74) is 3.98. The number of piperidine rings is 2. The van der Waals surface area contributed by atoms with Crippen LogP contribution in [0.4, 0.5) is 15.8 Å². The van der Waals surface area contributed by atoms with Gasteiger partial charge < -0.3 is 19.9 Å². The molecule has 0 radical (unpaired) electrons. The van der Waals surface area contributed by atoms with Crippen LogP contribution in [0.1, 0.15) is 96.9 Å². The second-order valence-electron chi connectivity index (χ2n) is 17.9. The molecule has 4 fully saturated rings. The molecular weight excluding hydrogens is 818 g/mol. The molecule has 0 bridgehead atoms. The fraction of sp³-hybridized carbons (Fsp3) is 0.449. The summed E-state index contributed by atoms with van der Waals surface area (Å²) in [7, 11) is 0. The minimum absolute atomic E-state index is 0.0113. The number of fused-ring (bicyclic) bond motifs is 2. The molecule has 2 atom stereocenters. The first-order valence-electron chi connectivity index (χ1n) is 22.7. The maximum absolute atomic E-state index is 14.1. The SMILES string of the molecule is C[C@@H](C(=O)Nc1cccc(OC2CCN(C(=O)CCN3CCN(c4ccc5c(c4)C(=O)N(C4CCC(=O)NC4=O)C5=O)CC3)CC2)c1)C1CCC(c2ccnc3ccc(F)cc23)CC1. The number of likely N-dealkylation sites (tertiary alicyclic amines) is 1. The summed E-state index contributed by atoms with van der Waals surface area (Å²) in [4.78, 5) is 88.9. The van der Waals surface area contributed by atoms with Crippen molar-refractivity contribution < 1.29 is 37.9 Å². The molecule has 4 aromatic rings. The molecule has 64 heavy (non-hydrogen) atoms. The summed E-state index contributed by atoms with van der Waals surface area (Å²) in [5, 5.41) is 6.22. The zero-order chi connectivity index (χ0) is 44.5. The number of anilines is 2. The molecule has 9 rings (SSSR count). The second kappa shape index (κ2) is 18.5. The van der Waals surface area contributed by atoms with E-state index in [0.717, 1.165) is 65.8 Å². The second-order valence-corrected chi connectivity index (χ2v) is 17.9. The number of aromatic nitrogens is 1. The summed E-state index contributed by atoms with van der Waals surface area (Å²) < 4.78 is 20.4. The average Bonchev–Trinajstić information content (AvgIpc) is 3.55. The van der Waals surface area contributed by atoms with Gasteiger partial charge in [0.2, 0.25) is 23.6 Å². The Kier molecular flexibility index (Phi) is 12.4. The molecule has 5 aliphatic rings. The van der Waals surface area contributed by atoms with Crippen molar-refractivity contribution >= 4 is 57.7 Å². The van der Waals surface area contributed by atoms with E-state index >= 15 is 0 Å². The van der Waals surface area contributed by atoms with E-state index in [4.69, 9.17) is 4.74 Å². The maximum Gasteiger partial charge on any atom is 0.262 e. The van der Waals surface area contributed by atoms with E-state index in [0.29, 0.717) is 69.3 Å². The van der Waals surface area contributed by atoms with Gasteiger partial charge in [0.15, 0.2) is 0 Å². The lowest BCUT2D eigenvalue weighted by Crippen LogP contribution is -2.54. The molecule has 2 N–H and O–H groups in total. The summed E-state index contributed by atoms with van der Waals surface area (Å²) >= 11 is 0. The third-order valence-electron chi connectivity index (χ3n) is 14.1. The Morgan fingerprint density at radius 2 is 1.61 bits per heavy atom. The molecule has 6 amide bonds. The monoisotopic (exact) mass is 871 g/mol. The van der Waals surface area contributed by atoms with Gasteiger partial charge in [-0.3, -0.25) is 48.9 Å². The van der Waals surface area contributed by atoms with Crippen LogP contribution in [-0.2, 0) is 19.2 Å². The number of pyridine rings is 1. The zero-order valence-corrected chi connectivity index (χ0v) is 36.1. The van der Waals surface area contributed by atoms with Gasteiger partial charge in [0, 0.05) is 106 Å². The van der Waals surface area contributed by atoms with Crippen LogP contribution in [0.15, 0.2) is 72.9 Å². The van der Waals surface area contributed by atoms with Crippen molar-refractivity contribution in [2.24, 2.45) is 11.8 Å². The maximum atomic E-state index is 14.1. The Balaban J connectivity index is 0.687. The van der Waals surface area contributed by atoms with Gasteiger partial charge in [0.1, 0.15) is 23.7 Å². The Labute approximate surface area is 371 Å². The van der Waals surface area contributed by atoms with Gasteiger partial charge in [0.25, 0.3) is 11.8 Å². The number of carbonyl (C=O) groups is 6. The van der Waals surface area contributed by atoms with Gasteiger partial charge in [-0.1, -0.05) is 13.0 Å². The van der Waals surface area contributed by atoms with Crippen molar-refractivity contribution in [1.82, 2.24) is 25.0 Å². The van der Waals surface area contributed by atoms with E-state index in [1.54, 1.807) is 30.5 Å². The highest BCUT2D eigenvalue weighted by molar-refractivity contribution is 6.23. The Morgan fingerprint density at radius 3 is 2.38 bits per heavy atom. The van der Waals surface area contributed by atoms with Gasteiger partial charge >= 0.3 is 0 Å². The van der Waals surface area contributed by atoms with E-state index in [1.807, 2.05) is 48.2 Å². The number of ether oxygens (including phenoxy) is 1. The largest absolute Gasteiger partial charge is 0.490 e. The normalized spacial score (nSPS) is 22.7. The first-order chi connectivity index (χ1) is 31.0. The first kappa shape index (κ1) is 43.1. The van der Waals surface area contributed by atoms with Crippen LogP contribution in [0.5, 0.6) is 5.75 Å². The third-order valence-corrected chi connectivity index (χ3v) is 14.1. The molecular formula is C49H54FN7O7. The fourth-order valence-corrected chi connectivity index (χ4v) is 10.3. The number of hydrogen-bond donors (Lipinski definition) is 2. The van der Waals surface area contributed by atoms with Crippen LogP contribution in [0, 0.1) is 17.7 Å². The van der Waals surface area contributed by atoms with Crippen LogP contribution in [0.2, 0.25) is 0 Å². The van der Waals surface area contributed by atoms with E-state index in [1.165, 1.54) is 6.07 Å². The number of benzene rings is 3. The van der Waals surface area contributed by atoms with Crippen molar-refractivity contribution in [2.75, 3.05) is 56.0 Å². The van der Waals surface area contributed by atoms with Crippen LogP contribution in [-0.4, -0.2) is 113 Å². The van der Waals surface area contributed by atoms with Crippen LogP contribution in [0.25, 0.3) is 10.9 Å². The van der Waals surface area contributed by atoms with Crippen molar-refractivity contribution in [1.29, 1.82) is 0 Å². The molecule has 0 spiro atoms. The van der Waals surface area contributed by atoms with Crippen LogP contribution >= 0.6 is 0 Å². The van der Waals surface area contributed by atoms with Gasteiger partial charge in [-0.25, -0.2) is 4.39 Å². The summed E-state index contributed by atoms with van der Waals surface area (Å²) in [5.74, 6) is -1.13. The smallest absolute Gasteiger partial charge is 0.262 e. The predicted molar refractivity (Wildman–Crippen MR) is 237 cm³/mol. The first-order valence-corrected chi connectivity index (χ1v) is 22.7. The lowest BCUT2D eigenvalue weighted by atomic mass is 9.73. The summed E-state index contributed by atoms with van der Waals surface area (Å²) in [6.07, 6.45) is 7.51. The standard InChI is InChI=1S/C49H54FN7O7/c1-30(31-5-7-32(8-6-31)38-15-19-51-42-12-9-33(50)27-40(38)42)46(60)52-34-3-2-4-37(28-34)64-36-16-21-56(22-17-36)45(59)18-20-54-23-25-55(26-24-54)35-10-11-39-41(29-35)49(63)57(48(39)62)43-13-14-44(58)53-47(43)61/h2-4,9-12,15,19,27-32,36,43H,5-8,13-14,16-18,20-26H2,1H3,(H,52,60)(H,53,58,61)/t30-,31?,32?,43?/m1/s1. The molecule has 1 aliphatic carbocycles. The number of nitrogens with one attached hydrogen (secondary N) is 2. The quantitative estimate of drug-likeness (QED) is 0.174. The number of nitrogens with zero attached hydrogens (tertiary/aromatic N) is 5. The highest BCUT2D eigenvalue weighted by Gasteiger charge is 2.45. The molecule has 1 aromatic heterocycles. The molecule has 334 valence electrons. The van der Waals surface area contributed by atoms with Gasteiger partial charge in [-0.05, 0) is 104 Å². The third kappa shape index (κ3) is 9.08. The van der Waals surface area contributed by atoms with Crippen molar-refractivity contribution in [3.05, 3.63) is 95.4 Å². The predicted octanol–water partition coefficient (Wildman–Crippen LogP) is 5.91. The van der Waals surface area contributed by atoms with E-state index in [2.05, 4.69) is 25.4 Å². The highest BCUT2D eigenvalue weighted by Crippen LogP contribution is 2.41. The lowest BCUT2D eigenvalue weighted by molar-refractivity contribution is -0.136. The van der Waals surface area contributed by atoms with Crippen LogP contribution < -0.4 is 20.3 Å². The Morgan fingerprint density at radius 1 is 0.844 bits per heavy atom. The molecule has 1 saturated carbocycles.